The third-order valence-corrected chi connectivity index (χ3v) is 22.2. The van der Waals surface area contributed by atoms with Gasteiger partial charge in [-0.25, -0.2) is 18.7 Å². The molecule has 2 saturated heterocycles. The number of benzene rings is 4. The Labute approximate surface area is 490 Å². The van der Waals surface area contributed by atoms with Crippen molar-refractivity contribution >= 4 is 40.1 Å². The second-order valence-electron chi connectivity index (χ2n) is 21.0. The van der Waals surface area contributed by atoms with Crippen LogP contribution in [0.2, 0.25) is 5.04 Å². The van der Waals surface area contributed by atoms with Gasteiger partial charge in [0.05, 0.1) is 65.6 Å². The van der Waals surface area contributed by atoms with Gasteiger partial charge in [-0.05, 0) is 47.0 Å². The predicted octanol–water partition coefficient (Wildman–Crippen LogP) is 7.38. The zero-order chi connectivity index (χ0) is 61.1. The van der Waals surface area contributed by atoms with E-state index in [1.165, 1.54) is 75.4 Å². The normalized spacial score (nSPS) is 20.6. The molecule has 2 aliphatic heterocycles. The largest absolute Gasteiger partial charge is 0.497 e. The Balaban J connectivity index is 1.17. The summed E-state index contributed by atoms with van der Waals surface area (Å²) in [5.41, 5.74) is -2.48. The van der Waals surface area contributed by atoms with Gasteiger partial charge in [0, 0.05) is 48.0 Å². The minimum atomic E-state index is -5.15. The maximum atomic E-state index is 15.5. The molecule has 0 spiro atoms. The van der Waals surface area contributed by atoms with Crippen LogP contribution >= 0.6 is 15.6 Å². The number of methoxy groups -OCH3 is 2. The third kappa shape index (κ3) is 15.1. The maximum absolute atomic E-state index is 15.5. The van der Waals surface area contributed by atoms with Crippen molar-refractivity contribution in [3.63, 3.8) is 0 Å². The first-order valence-corrected chi connectivity index (χ1v) is 31.9. The Bertz CT molecular complexity index is 3670. The first-order valence-electron chi connectivity index (χ1n) is 27.1. The standard InChI is InChI=1S/C58H66N6O18P2Si/c1-38-34-63(56(68)61-54(38)66)50-32-46(81-84(71,75-28-18-26-60)82-53(52(65)40-19-11-8-12-20-40)41-29-42(72-6)31-43(30-41)73-7)48(78-50)36-76-83(70,74-27-17-25-59)80-47-33-51(64-35-39(2)55(67)62-57(64)69)79-49(47)37-77-85(58(3,4)5,44-21-13-9-14-22-44)45-23-15-10-16-24-45/h8-16,19-24,29-31,34-35,46-51,53H,17-18,27-28,32-33,36-37H2,1-7H3,(H,61,66,68)(H,62,67,69)/t46-,47-,48+,49+,50+,51+,53?,83?,84?/m0/s1. The number of aromatic nitrogens is 4. The topological polar surface area (TPSA) is 310 Å². The lowest BCUT2D eigenvalue weighted by Crippen LogP contribution is -2.67. The number of nitrogens with zero attached hydrogens (tertiary/aromatic N) is 4. The quantitative estimate of drug-likeness (QED) is 0.0220. The number of ether oxygens (including phenoxy) is 4. The molecule has 0 bridgehead atoms. The van der Waals surface area contributed by atoms with E-state index >= 15 is 9.13 Å². The van der Waals surface area contributed by atoms with E-state index in [1.807, 2.05) is 72.8 Å². The molecule has 27 heteroatoms. The molecule has 2 aliphatic rings. The highest BCUT2D eigenvalue weighted by Gasteiger charge is 2.53. The lowest BCUT2D eigenvalue weighted by molar-refractivity contribution is -0.0600. The van der Waals surface area contributed by atoms with Crippen LogP contribution in [0.1, 0.15) is 92.1 Å². The van der Waals surface area contributed by atoms with Crippen molar-refractivity contribution in [1.29, 1.82) is 10.5 Å². The highest BCUT2D eigenvalue weighted by molar-refractivity contribution is 7.48. The van der Waals surface area contributed by atoms with Crippen LogP contribution in [-0.4, -0.2) is 98.3 Å². The van der Waals surface area contributed by atoms with Gasteiger partial charge in [0.2, 0.25) is 0 Å². The zero-order valence-electron chi connectivity index (χ0n) is 47.8. The molecule has 4 heterocycles. The van der Waals surface area contributed by atoms with Crippen molar-refractivity contribution < 1.29 is 64.4 Å². The lowest BCUT2D eigenvalue weighted by atomic mass is 9.99. The van der Waals surface area contributed by atoms with Gasteiger partial charge in [0.1, 0.15) is 48.4 Å². The first-order chi connectivity index (χ1) is 40.6. The number of aromatic amines is 2. The van der Waals surface area contributed by atoms with Crippen LogP contribution in [0.4, 0.5) is 0 Å². The van der Waals surface area contributed by atoms with E-state index in [9.17, 15) is 34.5 Å². The molecular weight excluding hydrogens is 1160 g/mol. The van der Waals surface area contributed by atoms with Crippen LogP contribution in [0.25, 0.3) is 0 Å². The molecule has 0 saturated carbocycles. The highest BCUT2D eigenvalue weighted by atomic mass is 31.2. The number of aryl methyl sites for hydroxylation is 2. The van der Waals surface area contributed by atoms with Crippen LogP contribution in [0, 0.1) is 36.5 Å². The summed E-state index contributed by atoms with van der Waals surface area (Å²) in [5.74, 6) is -0.240. The summed E-state index contributed by atoms with van der Waals surface area (Å²) in [6, 6.07) is 35.7. The minimum absolute atomic E-state index is 0.0926. The molecule has 3 unspecified atom stereocenters. The molecule has 85 heavy (non-hydrogen) atoms. The van der Waals surface area contributed by atoms with Crippen LogP contribution < -0.4 is 42.3 Å². The van der Waals surface area contributed by atoms with Crippen molar-refractivity contribution in [2.75, 3.05) is 40.6 Å². The van der Waals surface area contributed by atoms with Gasteiger partial charge >= 0.3 is 27.0 Å². The maximum Gasteiger partial charge on any atom is 0.476 e. The molecule has 2 N–H and O–H groups in total. The van der Waals surface area contributed by atoms with Gasteiger partial charge in [-0.15, -0.1) is 0 Å². The van der Waals surface area contributed by atoms with E-state index in [4.69, 9.17) is 50.5 Å². The number of ketones is 1. The molecule has 8 rings (SSSR count). The van der Waals surface area contributed by atoms with Gasteiger partial charge in [0.15, 0.2) is 11.9 Å². The summed E-state index contributed by atoms with van der Waals surface area (Å²) >= 11 is 0. The average Bonchev–Trinajstić information content (AvgIpc) is 1.82. The number of hydrogen-bond acceptors (Lipinski definition) is 20. The van der Waals surface area contributed by atoms with E-state index in [1.54, 1.807) is 18.2 Å². The number of nitrogens with one attached hydrogen (secondary N) is 2. The smallest absolute Gasteiger partial charge is 0.476 e. The Morgan fingerprint density at radius 2 is 1.12 bits per heavy atom. The van der Waals surface area contributed by atoms with Crippen LogP contribution in [0.3, 0.4) is 0 Å². The first kappa shape index (κ1) is 63.8. The molecular formula is C58H66N6O18P2Si. The molecule has 4 aromatic carbocycles. The summed E-state index contributed by atoms with van der Waals surface area (Å²) in [5, 5.41) is 20.6. The Morgan fingerprint density at radius 1 is 0.671 bits per heavy atom. The third-order valence-electron chi connectivity index (χ3n) is 14.2. The van der Waals surface area contributed by atoms with E-state index in [0.717, 1.165) is 14.9 Å². The van der Waals surface area contributed by atoms with Gasteiger partial charge in [-0.1, -0.05) is 112 Å². The molecule has 6 aromatic rings. The SMILES string of the molecule is COc1cc(OC)cc(C(OP(=O)(OCCC#N)O[C@H]2C[C@H](n3cc(C)c(=O)[nH]c3=O)O[C@@H]2COP(=O)(OCCC#N)O[C@H]2C[C@H](n3cc(C)c(=O)[nH]c3=O)O[C@@H]2CO[Si](c2ccccc2)(c2ccccc2)C(C)(C)C)C(=O)c2ccccc2)c1. The van der Waals surface area contributed by atoms with Crippen molar-refractivity contribution in [3.8, 4) is 23.6 Å². The summed E-state index contributed by atoms with van der Waals surface area (Å²) in [4.78, 5) is 71.2. The molecule has 0 aliphatic carbocycles. The number of phosphoric ester groups is 2. The summed E-state index contributed by atoms with van der Waals surface area (Å²) in [6.07, 6.45) is -8.31. The second-order valence-corrected chi connectivity index (χ2v) is 28.5. The summed E-state index contributed by atoms with van der Waals surface area (Å²) < 4.78 is 101. The number of Topliss-reactive ketones (excluding diaryl/α,β-unsaturated/α-hetero) is 1. The van der Waals surface area contributed by atoms with Gasteiger partial charge < -0.3 is 23.4 Å². The molecule has 2 fully saturated rings. The average molecular weight is 1230 g/mol. The fourth-order valence-electron chi connectivity index (χ4n) is 10.0. The van der Waals surface area contributed by atoms with Crippen LogP contribution in [-0.2, 0) is 50.2 Å². The molecule has 9 atom stereocenters. The summed E-state index contributed by atoms with van der Waals surface area (Å²) in [6.45, 7) is 7.14. The number of hydrogen-bond donors (Lipinski definition) is 2. The van der Waals surface area contributed by atoms with E-state index < -0.39 is 120 Å². The molecule has 24 nitrogen and oxygen atoms in total. The van der Waals surface area contributed by atoms with Crippen LogP contribution in [0.15, 0.2) is 141 Å². The van der Waals surface area contributed by atoms with E-state index in [0.29, 0.717) is 0 Å². The molecule has 0 amide bonds. The summed E-state index contributed by atoms with van der Waals surface area (Å²) in [7, 11) is -10.7. The van der Waals surface area contributed by atoms with Gasteiger partial charge in [-0.3, -0.25) is 60.6 Å². The van der Waals surface area contributed by atoms with E-state index in [2.05, 4.69) is 30.7 Å². The minimum Gasteiger partial charge on any atom is -0.497 e. The van der Waals surface area contributed by atoms with Crippen molar-refractivity contribution in [3.05, 3.63) is 186 Å². The molecule has 2 aromatic heterocycles. The monoisotopic (exact) mass is 1220 g/mol. The number of carbonyl (C=O) groups is 1. The Kier molecular flexibility index (Phi) is 20.9. The second kappa shape index (κ2) is 27.9. The molecule has 450 valence electrons. The molecule has 0 radical (unpaired) electrons. The number of carbonyl (C=O) groups excluding carboxylic acids is 1. The van der Waals surface area contributed by atoms with E-state index in [-0.39, 0.29) is 66.0 Å². The van der Waals surface area contributed by atoms with Crippen molar-refractivity contribution in [2.45, 2.75) is 108 Å². The van der Waals surface area contributed by atoms with Crippen molar-refractivity contribution in [2.24, 2.45) is 0 Å². The van der Waals surface area contributed by atoms with Crippen molar-refractivity contribution in [1.82, 2.24) is 19.1 Å². The van der Waals surface area contributed by atoms with Gasteiger partial charge in [0.25, 0.3) is 19.4 Å². The fraction of sp³-hybridized carbons (Fsp3) is 0.397. The lowest BCUT2D eigenvalue weighted by Gasteiger charge is -2.43. The highest BCUT2D eigenvalue weighted by Crippen LogP contribution is 2.58. The number of nitriles is 2. The fourth-order valence-corrected chi connectivity index (χ4v) is 17.5. The zero-order valence-corrected chi connectivity index (χ0v) is 50.6. The number of phosphoric acid groups is 2. The van der Waals surface area contributed by atoms with Gasteiger partial charge in [-0.2, -0.15) is 10.5 Å². The number of H-pyrrole nitrogens is 2. The van der Waals surface area contributed by atoms with Crippen LogP contribution in [0.5, 0.6) is 11.5 Å². The number of rotatable bonds is 27. The Hall–Kier alpha value is -7.19. The predicted molar refractivity (Wildman–Crippen MR) is 310 cm³/mol. The Morgan fingerprint density at radius 3 is 1.58 bits per heavy atom.